The molecule has 0 bridgehead atoms. The van der Waals surface area contributed by atoms with E-state index in [1.807, 2.05) is 44.9 Å². The zero-order valence-electron chi connectivity index (χ0n) is 18.0. The molecule has 29 heavy (non-hydrogen) atoms. The Morgan fingerprint density at radius 1 is 1.17 bits per heavy atom. The predicted octanol–water partition coefficient (Wildman–Crippen LogP) is 2.41. The smallest absolute Gasteiger partial charge is 0.242 e. The van der Waals surface area contributed by atoms with Crippen molar-refractivity contribution < 1.29 is 14.3 Å². The Morgan fingerprint density at radius 3 is 2.45 bits per heavy atom. The normalized spacial score (nSPS) is 10.6. The second-order valence-corrected chi connectivity index (χ2v) is 6.22. The van der Waals surface area contributed by atoms with Crippen LogP contribution in [-0.4, -0.2) is 74.0 Å². The van der Waals surface area contributed by atoms with Crippen molar-refractivity contribution in [1.82, 2.24) is 15.1 Å². The van der Waals surface area contributed by atoms with Gasteiger partial charge in [0.05, 0.1) is 13.1 Å². The Morgan fingerprint density at radius 2 is 1.86 bits per heavy atom. The minimum Gasteiger partial charge on any atom is -0.492 e. The summed E-state index contributed by atoms with van der Waals surface area (Å²) < 4.78 is 5.71. The van der Waals surface area contributed by atoms with Crippen molar-refractivity contribution in [2.24, 2.45) is 4.99 Å². The average molecular weight is 519 g/mol. The molecule has 1 aromatic rings. The monoisotopic (exact) mass is 519 g/mol. The number of anilines is 1. The highest BCUT2D eigenvalue weighted by molar-refractivity contribution is 14.0. The summed E-state index contributed by atoms with van der Waals surface area (Å²) in [5.41, 5.74) is 0.691. The number of hydrogen-bond acceptors (Lipinski definition) is 4. The van der Waals surface area contributed by atoms with Gasteiger partial charge in [-0.25, -0.2) is 4.99 Å². The third-order valence-electron chi connectivity index (χ3n) is 3.96. The van der Waals surface area contributed by atoms with Gasteiger partial charge in [0.2, 0.25) is 11.8 Å². The van der Waals surface area contributed by atoms with Crippen molar-refractivity contribution >= 4 is 47.4 Å². The SMILES string of the molecule is CCNC(=NCCOc1cccc(NC(C)=O)c1)N(C)CC(=O)N(CC)CC.I. The van der Waals surface area contributed by atoms with Gasteiger partial charge in [0.25, 0.3) is 0 Å². The Labute approximate surface area is 191 Å². The van der Waals surface area contributed by atoms with Gasteiger partial charge in [-0.05, 0) is 32.9 Å². The molecule has 0 saturated carbocycles. The summed E-state index contributed by atoms with van der Waals surface area (Å²) in [5, 5.41) is 5.92. The van der Waals surface area contributed by atoms with Gasteiger partial charge < -0.3 is 25.2 Å². The number of hydrogen-bond donors (Lipinski definition) is 2. The Balaban J connectivity index is 0.00000784. The number of carbonyl (C=O) groups is 2. The molecule has 0 radical (unpaired) electrons. The number of likely N-dealkylation sites (N-methyl/N-ethyl adjacent to an activating group) is 2. The van der Waals surface area contributed by atoms with Crippen molar-refractivity contribution in [3.8, 4) is 5.75 Å². The highest BCUT2D eigenvalue weighted by Crippen LogP contribution is 2.17. The lowest BCUT2D eigenvalue weighted by molar-refractivity contribution is -0.131. The number of nitrogens with one attached hydrogen (secondary N) is 2. The van der Waals surface area contributed by atoms with E-state index >= 15 is 0 Å². The van der Waals surface area contributed by atoms with Crippen LogP contribution >= 0.6 is 24.0 Å². The Bertz CT molecular complexity index is 665. The molecule has 0 atom stereocenters. The van der Waals surface area contributed by atoms with E-state index in [0.717, 1.165) is 0 Å². The first-order chi connectivity index (χ1) is 13.4. The number of rotatable bonds is 10. The lowest BCUT2D eigenvalue weighted by Gasteiger charge is -2.25. The molecule has 0 aromatic heterocycles. The Kier molecular flexibility index (Phi) is 13.8. The molecule has 1 aromatic carbocycles. The summed E-state index contributed by atoms with van der Waals surface area (Å²) in [6.07, 6.45) is 0. The molecule has 0 fully saturated rings. The maximum atomic E-state index is 12.3. The zero-order chi connectivity index (χ0) is 20.9. The van der Waals surface area contributed by atoms with Gasteiger partial charge in [0.1, 0.15) is 12.4 Å². The van der Waals surface area contributed by atoms with Crippen molar-refractivity contribution in [2.45, 2.75) is 27.7 Å². The number of carbonyl (C=O) groups excluding carboxylic acids is 2. The van der Waals surface area contributed by atoms with Gasteiger partial charge in [0, 0.05) is 45.4 Å². The topological polar surface area (TPSA) is 86.3 Å². The second-order valence-electron chi connectivity index (χ2n) is 6.22. The van der Waals surface area contributed by atoms with Gasteiger partial charge in [-0.2, -0.15) is 0 Å². The largest absolute Gasteiger partial charge is 0.492 e. The molecule has 0 heterocycles. The summed E-state index contributed by atoms with van der Waals surface area (Å²) in [5.74, 6) is 1.28. The molecule has 0 saturated heterocycles. The van der Waals surface area contributed by atoms with Gasteiger partial charge in [-0.15, -0.1) is 24.0 Å². The van der Waals surface area contributed by atoms with Gasteiger partial charge >= 0.3 is 0 Å². The molecule has 0 aliphatic carbocycles. The van der Waals surface area contributed by atoms with Crippen molar-refractivity contribution in [1.29, 1.82) is 0 Å². The van der Waals surface area contributed by atoms with Crippen molar-refractivity contribution in [3.05, 3.63) is 24.3 Å². The quantitative estimate of drug-likeness (QED) is 0.215. The number of ether oxygens (including phenoxy) is 1. The number of amides is 2. The van der Waals surface area contributed by atoms with Crippen molar-refractivity contribution in [3.63, 3.8) is 0 Å². The molecule has 0 aliphatic rings. The van der Waals surface area contributed by atoms with E-state index in [1.54, 1.807) is 17.0 Å². The number of nitrogens with zero attached hydrogens (tertiary/aromatic N) is 3. The maximum Gasteiger partial charge on any atom is 0.242 e. The average Bonchev–Trinajstić information content (AvgIpc) is 2.65. The fourth-order valence-electron chi connectivity index (χ4n) is 2.61. The van der Waals surface area contributed by atoms with E-state index in [-0.39, 0.29) is 42.3 Å². The van der Waals surface area contributed by atoms with E-state index in [4.69, 9.17) is 4.74 Å². The van der Waals surface area contributed by atoms with Crippen LogP contribution in [0.1, 0.15) is 27.7 Å². The molecule has 1 rings (SSSR count). The number of guanidine groups is 1. The van der Waals surface area contributed by atoms with E-state index in [0.29, 0.717) is 50.2 Å². The van der Waals surface area contributed by atoms with E-state index in [9.17, 15) is 9.59 Å². The first kappa shape index (κ1) is 27.0. The summed E-state index contributed by atoms with van der Waals surface area (Å²) >= 11 is 0. The van der Waals surface area contributed by atoms with Crippen LogP contribution in [0.2, 0.25) is 0 Å². The van der Waals surface area contributed by atoms with Crippen molar-refractivity contribution in [2.75, 3.05) is 51.7 Å². The molecule has 9 heteroatoms. The fraction of sp³-hybridized carbons (Fsp3) is 0.550. The standard InChI is InChI=1S/C20H33N5O3.HI/c1-6-21-20(24(5)15-19(27)25(7-2)8-3)22-12-13-28-18-11-9-10-17(14-18)23-16(4)26;/h9-11,14H,6-8,12-13,15H2,1-5H3,(H,21,22)(H,23,26);1H. The third kappa shape index (κ3) is 10.3. The minimum absolute atomic E-state index is 0. The molecule has 0 unspecified atom stereocenters. The lowest BCUT2D eigenvalue weighted by Crippen LogP contribution is -2.45. The van der Waals surface area contributed by atoms with Crippen LogP contribution in [0.5, 0.6) is 5.75 Å². The van der Waals surface area contributed by atoms with Crippen LogP contribution < -0.4 is 15.4 Å². The van der Waals surface area contributed by atoms with Gasteiger partial charge in [0.15, 0.2) is 5.96 Å². The van der Waals surface area contributed by atoms with Gasteiger partial charge in [-0.1, -0.05) is 6.07 Å². The highest BCUT2D eigenvalue weighted by Gasteiger charge is 2.14. The number of benzene rings is 1. The minimum atomic E-state index is -0.126. The number of aliphatic imine (C=N–C) groups is 1. The molecular weight excluding hydrogens is 485 g/mol. The van der Waals surface area contributed by atoms with Crippen LogP contribution in [0.4, 0.5) is 5.69 Å². The molecular formula is C20H34IN5O3. The molecule has 2 amide bonds. The van der Waals surface area contributed by atoms with E-state index < -0.39 is 0 Å². The summed E-state index contributed by atoms with van der Waals surface area (Å²) in [6, 6.07) is 7.22. The lowest BCUT2D eigenvalue weighted by atomic mass is 10.3. The van der Waals surface area contributed by atoms with E-state index in [1.165, 1.54) is 6.92 Å². The van der Waals surface area contributed by atoms with Crippen LogP contribution in [0, 0.1) is 0 Å². The molecule has 164 valence electrons. The van der Waals surface area contributed by atoms with Crippen LogP contribution in [-0.2, 0) is 9.59 Å². The number of halogens is 1. The molecule has 0 aliphatic heterocycles. The Hall–Kier alpha value is -2.04. The first-order valence-electron chi connectivity index (χ1n) is 9.68. The summed E-state index contributed by atoms with van der Waals surface area (Å²) in [4.78, 5) is 31.6. The first-order valence-corrected chi connectivity index (χ1v) is 9.68. The molecule has 2 N–H and O–H groups in total. The highest BCUT2D eigenvalue weighted by atomic mass is 127. The predicted molar refractivity (Wildman–Crippen MR) is 128 cm³/mol. The zero-order valence-corrected chi connectivity index (χ0v) is 20.4. The molecule has 8 nitrogen and oxygen atoms in total. The van der Waals surface area contributed by atoms with Crippen LogP contribution in [0.25, 0.3) is 0 Å². The summed E-state index contributed by atoms with van der Waals surface area (Å²) in [7, 11) is 1.85. The van der Waals surface area contributed by atoms with Crippen LogP contribution in [0.15, 0.2) is 29.3 Å². The summed E-state index contributed by atoms with van der Waals surface area (Å²) in [6.45, 7) is 10.6. The van der Waals surface area contributed by atoms with Crippen LogP contribution in [0.3, 0.4) is 0 Å². The molecule has 0 spiro atoms. The maximum absolute atomic E-state index is 12.3. The second kappa shape index (κ2) is 14.9. The third-order valence-corrected chi connectivity index (χ3v) is 3.96. The van der Waals surface area contributed by atoms with Gasteiger partial charge in [-0.3, -0.25) is 9.59 Å². The van der Waals surface area contributed by atoms with E-state index in [2.05, 4.69) is 15.6 Å². The fourth-order valence-corrected chi connectivity index (χ4v) is 2.61.